The van der Waals surface area contributed by atoms with Gasteiger partial charge in [0.25, 0.3) is 0 Å². The summed E-state index contributed by atoms with van der Waals surface area (Å²) in [5.74, 6) is 1.68. The van der Waals surface area contributed by atoms with Gasteiger partial charge in [0.15, 0.2) is 11.4 Å². The summed E-state index contributed by atoms with van der Waals surface area (Å²) in [6.45, 7) is 0. The van der Waals surface area contributed by atoms with Crippen molar-refractivity contribution < 1.29 is 4.74 Å². The minimum Gasteiger partial charge on any atom is -0.494 e. The number of ether oxygens (including phenoxy) is 1. The van der Waals surface area contributed by atoms with E-state index in [-0.39, 0.29) is 5.92 Å². The van der Waals surface area contributed by atoms with Gasteiger partial charge in [-0.05, 0) is 36.1 Å². The molecule has 4 aromatic rings. The monoisotopic (exact) mass is 425 g/mol. The zero-order valence-electron chi connectivity index (χ0n) is 15.5. The molecule has 2 aromatic heterocycles. The van der Waals surface area contributed by atoms with Gasteiger partial charge in [0.2, 0.25) is 0 Å². The minimum absolute atomic E-state index is 0.199. The second-order valence-corrected chi connectivity index (χ2v) is 7.86. The summed E-state index contributed by atoms with van der Waals surface area (Å²) in [4.78, 5) is 9.35. The predicted octanol–water partition coefficient (Wildman–Crippen LogP) is 4.80. The molecule has 2 heterocycles. The highest BCUT2D eigenvalue weighted by Crippen LogP contribution is 2.42. The van der Waals surface area contributed by atoms with Crippen molar-refractivity contribution in [2.75, 3.05) is 12.8 Å². The number of halogens is 2. The van der Waals surface area contributed by atoms with Crippen LogP contribution in [-0.4, -0.2) is 27.3 Å². The summed E-state index contributed by atoms with van der Waals surface area (Å²) in [5.41, 5.74) is 10.8. The number of nitrogens with zero attached hydrogens (tertiary/aromatic N) is 3. The van der Waals surface area contributed by atoms with Crippen molar-refractivity contribution >= 4 is 40.1 Å². The van der Waals surface area contributed by atoms with Crippen LogP contribution < -0.4 is 10.5 Å². The van der Waals surface area contributed by atoms with Crippen molar-refractivity contribution in [3.8, 4) is 17.0 Å². The smallest absolute Gasteiger partial charge is 0.161 e. The van der Waals surface area contributed by atoms with Crippen LogP contribution in [0.3, 0.4) is 0 Å². The third kappa shape index (κ3) is 2.91. The van der Waals surface area contributed by atoms with E-state index in [9.17, 15) is 0 Å². The molecule has 6 nitrogen and oxygen atoms in total. The molecule has 5 rings (SSSR count). The SMILES string of the molecule is COc1c(Cl)ccc(-c2n[nH]c3nc(C4Cc5ccccc5C4)nc(N)c23)c1Cl. The number of anilines is 1. The maximum absolute atomic E-state index is 6.50. The third-order valence-electron chi connectivity index (χ3n) is 5.39. The van der Waals surface area contributed by atoms with Gasteiger partial charge in [-0.1, -0.05) is 47.5 Å². The number of aromatic nitrogens is 4. The minimum atomic E-state index is 0.199. The topological polar surface area (TPSA) is 89.7 Å². The first kappa shape index (κ1) is 18.2. The fourth-order valence-corrected chi connectivity index (χ4v) is 4.61. The van der Waals surface area contributed by atoms with E-state index in [1.54, 1.807) is 12.1 Å². The van der Waals surface area contributed by atoms with Crippen LogP contribution >= 0.6 is 23.2 Å². The molecule has 0 saturated carbocycles. The molecule has 2 aromatic carbocycles. The Morgan fingerprint density at radius 2 is 1.79 bits per heavy atom. The normalized spacial score (nSPS) is 13.8. The average Bonchev–Trinajstić information content (AvgIpc) is 3.33. The Kier molecular flexibility index (Phi) is 4.33. The Morgan fingerprint density at radius 3 is 2.48 bits per heavy atom. The molecule has 0 radical (unpaired) electrons. The largest absolute Gasteiger partial charge is 0.494 e. The van der Waals surface area contributed by atoms with Crippen LogP contribution in [0.15, 0.2) is 36.4 Å². The molecule has 29 heavy (non-hydrogen) atoms. The zero-order chi connectivity index (χ0) is 20.1. The van der Waals surface area contributed by atoms with Gasteiger partial charge in [0.05, 0.1) is 22.5 Å². The molecular formula is C21H17Cl2N5O. The average molecular weight is 426 g/mol. The molecule has 0 bridgehead atoms. The molecule has 0 amide bonds. The molecule has 0 spiro atoms. The Morgan fingerprint density at radius 1 is 1.07 bits per heavy atom. The number of nitrogen functional groups attached to an aromatic ring is 1. The van der Waals surface area contributed by atoms with Gasteiger partial charge in [-0.3, -0.25) is 5.10 Å². The Hall–Kier alpha value is -2.83. The lowest BCUT2D eigenvalue weighted by molar-refractivity contribution is 0.415. The first-order valence-electron chi connectivity index (χ1n) is 9.17. The molecule has 146 valence electrons. The third-order valence-corrected chi connectivity index (χ3v) is 6.06. The highest BCUT2D eigenvalue weighted by molar-refractivity contribution is 6.39. The Labute approximate surface area is 177 Å². The fraction of sp³-hybridized carbons (Fsp3) is 0.190. The molecule has 1 aliphatic rings. The number of aromatic amines is 1. The van der Waals surface area contributed by atoms with Crippen molar-refractivity contribution in [2.45, 2.75) is 18.8 Å². The van der Waals surface area contributed by atoms with Crippen LogP contribution in [0.5, 0.6) is 5.75 Å². The number of hydrogen-bond donors (Lipinski definition) is 2. The van der Waals surface area contributed by atoms with Gasteiger partial charge in [-0.25, -0.2) is 9.97 Å². The van der Waals surface area contributed by atoms with Crippen LogP contribution in [0.1, 0.15) is 22.9 Å². The van der Waals surface area contributed by atoms with E-state index in [1.165, 1.54) is 18.2 Å². The number of fused-ring (bicyclic) bond motifs is 2. The lowest BCUT2D eigenvalue weighted by Crippen LogP contribution is -2.07. The second-order valence-electron chi connectivity index (χ2n) is 7.08. The Bertz CT molecular complexity index is 1230. The fourth-order valence-electron chi connectivity index (χ4n) is 4.00. The summed E-state index contributed by atoms with van der Waals surface area (Å²) in [6, 6.07) is 11.9. The van der Waals surface area contributed by atoms with Crippen LogP contribution in [0.4, 0.5) is 5.82 Å². The molecule has 0 aliphatic heterocycles. The molecule has 3 N–H and O–H groups in total. The molecule has 0 fully saturated rings. The van der Waals surface area contributed by atoms with Crippen LogP contribution in [0.25, 0.3) is 22.3 Å². The van der Waals surface area contributed by atoms with Crippen molar-refractivity contribution in [2.24, 2.45) is 0 Å². The van der Waals surface area contributed by atoms with Crippen molar-refractivity contribution in [3.05, 3.63) is 63.4 Å². The zero-order valence-corrected chi connectivity index (χ0v) is 17.1. The summed E-state index contributed by atoms with van der Waals surface area (Å²) in [6.07, 6.45) is 1.81. The summed E-state index contributed by atoms with van der Waals surface area (Å²) in [5, 5.41) is 8.81. The lowest BCUT2D eigenvalue weighted by atomic mass is 10.0. The van der Waals surface area contributed by atoms with E-state index in [0.29, 0.717) is 43.9 Å². The van der Waals surface area contributed by atoms with E-state index in [2.05, 4.69) is 39.4 Å². The molecule has 8 heteroatoms. The molecule has 1 aliphatic carbocycles. The maximum atomic E-state index is 6.50. The summed E-state index contributed by atoms with van der Waals surface area (Å²) >= 11 is 12.7. The van der Waals surface area contributed by atoms with Crippen molar-refractivity contribution in [1.82, 2.24) is 20.2 Å². The van der Waals surface area contributed by atoms with E-state index in [4.69, 9.17) is 38.7 Å². The summed E-state index contributed by atoms with van der Waals surface area (Å²) < 4.78 is 5.31. The first-order valence-corrected chi connectivity index (χ1v) is 9.93. The highest BCUT2D eigenvalue weighted by atomic mass is 35.5. The number of benzene rings is 2. The van der Waals surface area contributed by atoms with E-state index >= 15 is 0 Å². The number of hydrogen-bond acceptors (Lipinski definition) is 5. The van der Waals surface area contributed by atoms with E-state index < -0.39 is 0 Å². The number of nitrogens with two attached hydrogens (primary N) is 1. The van der Waals surface area contributed by atoms with Gasteiger partial charge < -0.3 is 10.5 Å². The standard InChI is InChI=1S/C21H17Cl2N5O/c1-29-18-14(22)7-6-13(16(18)23)17-15-19(24)25-20(26-21(15)28-27-17)12-8-10-4-2-3-5-11(10)9-12/h2-7,12H,8-9H2,1H3,(H3,24,25,26,27,28). The van der Waals surface area contributed by atoms with Crippen LogP contribution in [0, 0.1) is 0 Å². The molecule has 0 atom stereocenters. The van der Waals surface area contributed by atoms with Crippen LogP contribution in [-0.2, 0) is 12.8 Å². The lowest BCUT2D eigenvalue weighted by Gasteiger charge is -2.11. The van der Waals surface area contributed by atoms with Crippen LogP contribution in [0.2, 0.25) is 10.0 Å². The van der Waals surface area contributed by atoms with Gasteiger partial charge in [0, 0.05) is 11.5 Å². The quantitative estimate of drug-likeness (QED) is 0.491. The van der Waals surface area contributed by atoms with E-state index in [1.807, 2.05) is 0 Å². The number of nitrogens with one attached hydrogen (secondary N) is 1. The van der Waals surface area contributed by atoms with Gasteiger partial charge in [-0.15, -0.1) is 0 Å². The number of H-pyrrole nitrogens is 1. The number of rotatable bonds is 3. The number of methoxy groups -OCH3 is 1. The maximum Gasteiger partial charge on any atom is 0.161 e. The predicted molar refractivity (Wildman–Crippen MR) is 115 cm³/mol. The van der Waals surface area contributed by atoms with Crippen molar-refractivity contribution in [1.29, 1.82) is 0 Å². The highest BCUT2D eigenvalue weighted by Gasteiger charge is 2.27. The Balaban J connectivity index is 1.59. The molecule has 0 unspecified atom stereocenters. The molecule has 0 saturated heterocycles. The van der Waals surface area contributed by atoms with Crippen molar-refractivity contribution in [3.63, 3.8) is 0 Å². The molecular weight excluding hydrogens is 409 g/mol. The summed E-state index contributed by atoms with van der Waals surface area (Å²) in [7, 11) is 1.52. The van der Waals surface area contributed by atoms with E-state index in [0.717, 1.165) is 18.7 Å². The second kappa shape index (κ2) is 6.90. The first-order chi connectivity index (χ1) is 14.1. The van der Waals surface area contributed by atoms with Gasteiger partial charge in [0.1, 0.15) is 17.3 Å². The van der Waals surface area contributed by atoms with Gasteiger partial charge >= 0.3 is 0 Å². The van der Waals surface area contributed by atoms with Gasteiger partial charge in [-0.2, -0.15) is 5.10 Å².